The number of amidine groups is 1. The average Bonchev–Trinajstić information content (AvgIpc) is 2.41. The number of nitrogens with two attached hydrogens (primary N) is 1. The molecule has 1 heterocycles. The number of benzene rings is 1. The van der Waals surface area contributed by atoms with Crippen molar-refractivity contribution in [1.29, 1.82) is 0 Å². The molecule has 0 radical (unpaired) electrons. The molecule has 1 aromatic rings. The Labute approximate surface area is 117 Å². The topological polar surface area (TPSA) is 82.1 Å². The number of hydrogen-bond acceptors (Lipinski definition) is 4. The van der Waals surface area contributed by atoms with Gasteiger partial charge in [-0.25, -0.2) is 0 Å². The summed E-state index contributed by atoms with van der Waals surface area (Å²) in [7, 11) is 0. The maximum atomic E-state index is 9.91. The quantitative estimate of drug-likeness (QED) is 0.333. The van der Waals surface area contributed by atoms with Crippen molar-refractivity contribution >= 4 is 23.1 Å². The van der Waals surface area contributed by atoms with Gasteiger partial charge in [-0.15, -0.1) is 0 Å². The fraction of sp³-hybridized carbons (Fsp3) is 0.462. The summed E-state index contributed by atoms with van der Waals surface area (Å²) in [5, 5.41) is 21.9. The molecule has 2 unspecified atom stereocenters. The molecule has 0 aliphatic carbocycles. The maximum absolute atomic E-state index is 9.91. The van der Waals surface area contributed by atoms with Gasteiger partial charge in [0.15, 0.2) is 5.84 Å². The second-order valence-electron chi connectivity index (χ2n) is 4.93. The van der Waals surface area contributed by atoms with E-state index in [1.165, 1.54) is 0 Å². The number of piperidine rings is 1. The van der Waals surface area contributed by atoms with Gasteiger partial charge in [-0.1, -0.05) is 23.7 Å². The minimum atomic E-state index is -0.323. The standard InChI is InChI=1S/C13H18ClN3O2/c1-8-4-5-17(7-12(8)18)9-2-3-10(11(14)6-9)13(15)16-19/h2-3,6,8,12,18-19H,4-5,7H2,1H3,(H2,15,16). The molecule has 4 N–H and O–H groups in total. The predicted molar refractivity (Wildman–Crippen MR) is 76.0 cm³/mol. The lowest BCUT2D eigenvalue weighted by Gasteiger charge is -2.36. The number of aliphatic hydroxyl groups excluding tert-OH is 1. The van der Waals surface area contributed by atoms with Gasteiger partial charge in [0.1, 0.15) is 0 Å². The first kappa shape index (κ1) is 14.0. The van der Waals surface area contributed by atoms with Crippen LogP contribution in [0.15, 0.2) is 23.4 Å². The van der Waals surface area contributed by atoms with E-state index < -0.39 is 0 Å². The van der Waals surface area contributed by atoms with Crippen molar-refractivity contribution in [2.24, 2.45) is 16.8 Å². The van der Waals surface area contributed by atoms with Gasteiger partial charge in [-0.05, 0) is 30.5 Å². The molecule has 0 saturated carbocycles. The summed E-state index contributed by atoms with van der Waals surface area (Å²) in [5.41, 5.74) is 6.96. The van der Waals surface area contributed by atoms with Crippen LogP contribution in [0.4, 0.5) is 5.69 Å². The number of nitrogens with zero attached hydrogens (tertiary/aromatic N) is 2. The summed E-state index contributed by atoms with van der Waals surface area (Å²) in [6, 6.07) is 5.36. The lowest BCUT2D eigenvalue weighted by atomic mass is 9.95. The third-order valence-corrected chi connectivity index (χ3v) is 3.93. The highest BCUT2D eigenvalue weighted by Gasteiger charge is 2.24. The van der Waals surface area contributed by atoms with Gasteiger partial charge in [-0.2, -0.15) is 0 Å². The molecule has 1 aromatic carbocycles. The number of aliphatic hydroxyl groups is 1. The molecule has 2 atom stereocenters. The van der Waals surface area contributed by atoms with E-state index in [-0.39, 0.29) is 11.9 Å². The summed E-state index contributed by atoms with van der Waals surface area (Å²) in [4.78, 5) is 2.09. The zero-order chi connectivity index (χ0) is 14.0. The number of halogens is 1. The van der Waals surface area contributed by atoms with Crippen LogP contribution < -0.4 is 10.6 Å². The van der Waals surface area contributed by atoms with Crippen LogP contribution in [0.3, 0.4) is 0 Å². The molecule has 6 heteroatoms. The van der Waals surface area contributed by atoms with Crippen LogP contribution >= 0.6 is 11.6 Å². The van der Waals surface area contributed by atoms with E-state index in [9.17, 15) is 5.11 Å². The first-order valence-corrected chi connectivity index (χ1v) is 6.61. The molecule has 0 spiro atoms. The molecule has 1 aliphatic heterocycles. The third kappa shape index (κ3) is 2.93. The molecular formula is C13H18ClN3O2. The van der Waals surface area contributed by atoms with Crippen LogP contribution in [0.1, 0.15) is 18.9 Å². The van der Waals surface area contributed by atoms with Crippen molar-refractivity contribution in [1.82, 2.24) is 0 Å². The highest BCUT2D eigenvalue weighted by atomic mass is 35.5. The van der Waals surface area contributed by atoms with Gasteiger partial charge in [0.25, 0.3) is 0 Å². The molecule has 104 valence electrons. The number of rotatable bonds is 2. The Bertz CT molecular complexity index is 493. The Balaban J connectivity index is 2.21. The van der Waals surface area contributed by atoms with Crippen molar-refractivity contribution in [2.75, 3.05) is 18.0 Å². The summed E-state index contributed by atoms with van der Waals surface area (Å²) in [6.45, 7) is 3.54. The fourth-order valence-corrected chi connectivity index (χ4v) is 2.52. The molecule has 1 fully saturated rings. The number of oxime groups is 1. The first-order valence-electron chi connectivity index (χ1n) is 6.23. The summed E-state index contributed by atoms with van der Waals surface area (Å²) in [5.74, 6) is 0.312. The highest BCUT2D eigenvalue weighted by molar-refractivity contribution is 6.34. The summed E-state index contributed by atoms with van der Waals surface area (Å²) in [6.07, 6.45) is 0.622. The van der Waals surface area contributed by atoms with E-state index in [0.717, 1.165) is 18.7 Å². The van der Waals surface area contributed by atoms with E-state index in [0.29, 0.717) is 23.0 Å². The molecule has 1 aliphatic rings. The lowest BCUT2D eigenvalue weighted by molar-refractivity contribution is 0.103. The normalized spacial score (nSPS) is 24.6. The van der Waals surface area contributed by atoms with Gasteiger partial charge in [0, 0.05) is 24.3 Å². The van der Waals surface area contributed by atoms with Gasteiger partial charge in [0.2, 0.25) is 0 Å². The van der Waals surface area contributed by atoms with Crippen molar-refractivity contribution in [3.8, 4) is 0 Å². The van der Waals surface area contributed by atoms with Crippen LogP contribution in [0.2, 0.25) is 5.02 Å². The number of β-amino-alcohol motifs (C(OH)–C–C–N with tert-alkyl or cyclic N) is 1. The van der Waals surface area contributed by atoms with E-state index >= 15 is 0 Å². The minimum absolute atomic E-state index is 0.0103. The zero-order valence-corrected chi connectivity index (χ0v) is 11.5. The van der Waals surface area contributed by atoms with Gasteiger partial charge in [-0.3, -0.25) is 0 Å². The highest BCUT2D eigenvalue weighted by Crippen LogP contribution is 2.27. The molecule has 0 bridgehead atoms. The molecule has 2 rings (SSSR count). The van der Waals surface area contributed by atoms with Crippen molar-refractivity contribution in [3.05, 3.63) is 28.8 Å². The largest absolute Gasteiger partial charge is 0.409 e. The number of anilines is 1. The molecule has 5 nitrogen and oxygen atoms in total. The molecule has 0 aromatic heterocycles. The Kier molecular flexibility index (Phi) is 4.17. The smallest absolute Gasteiger partial charge is 0.171 e. The Hall–Kier alpha value is -1.46. The maximum Gasteiger partial charge on any atom is 0.171 e. The Morgan fingerprint density at radius 3 is 2.84 bits per heavy atom. The fourth-order valence-electron chi connectivity index (χ4n) is 2.25. The Morgan fingerprint density at radius 1 is 1.53 bits per heavy atom. The third-order valence-electron chi connectivity index (χ3n) is 3.62. The SMILES string of the molecule is CC1CCN(c2ccc(/C(N)=N/O)c(Cl)c2)CC1O. The van der Waals surface area contributed by atoms with Crippen molar-refractivity contribution < 1.29 is 10.3 Å². The average molecular weight is 284 g/mol. The van der Waals surface area contributed by atoms with Crippen LogP contribution in [0, 0.1) is 5.92 Å². The van der Waals surface area contributed by atoms with Crippen molar-refractivity contribution in [3.63, 3.8) is 0 Å². The second-order valence-corrected chi connectivity index (χ2v) is 5.34. The lowest BCUT2D eigenvalue weighted by Crippen LogP contribution is -2.42. The first-order chi connectivity index (χ1) is 9.02. The van der Waals surface area contributed by atoms with Crippen LogP contribution in [0.25, 0.3) is 0 Å². The van der Waals surface area contributed by atoms with E-state index in [4.69, 9.17) is 22.5 Å². The predicted octanol–water partition coefficient (Wildman–Crippen LogP) is 1.64. The second kappa shape index (κ2) is 5.67. The molecule has 0 amide bonds. The van der Waals surface area contributed by atoms with E-state index in [2.05, 4.69) is 17.0 Å². The van der Waals surface area contributed by atoms with Crippen LogP contribution in [-0.4, -0.2) is 35.3 Å². The van der Waals surface area contributed by atoms with E-state index in [1.54, 1.807) is 12.1 Å². The van der Waals surface area contributed by atoms with Crippen LogP contribution in [0.5, 0.6) is 0 Å². The number of hydrogen-bond donors (Lipinski definition) is 3. The van der Waals surface area contributed by atoms with Gasteiger partial charge >= 0.3 is 0 Å². The van der Waals surface area contributed by atoms with E-state index in [1.807, 2.05) is 6.07 Å². The summed E-state index contributed by atoms with van der Waals surface area (Å²) >= 11 is 6.13. The molecule has 19 heavy (non-hydrogen) atoms. The van der Waals surface area contributed by atoms with Gasteiger partial charge < -0.3 is 20.9 Å². The zero-order valence-electron chi connectivity index (χ0n) is 10.8. The van der Waals surface area contributed by atoms with Crippen molar-refractivity contribution in [2.45, 2.75) is 19.4 Å². The van der Waals surface area contributed by atoms with Crippen LogP contribution in [-0.2, 0) is 0 Å². The van der Waals surface area contributed by atoms with Gasteiger partial charge in [0.05, 0.1) is 11.1 Å². The minimum Gasteiger partial charge on any atom is -0.409 e. The molecule has 1 saturated heterocycles. The summed E-state index contributed by atoms with van der Waals surface area (Å²) < 4.78 is 0. The molecular weight excluding hydrogens is 266 g/mol. The Morgan fingerprint density at radius 2 is 2.26 bits per heavy atom. The monoisotopic (exact) mass is 283 g/mol.